The molecule has 168 valence electrons. The standard InChI is InChI=1S/C24H19F3N4O2/c1-15(30-22-20-7-2-3-8-21(20)28-14-29-22)17-5-4-6-18(13-17)31-23(32)16-9-11-19(12-10-16)33-24(25,26)27/h2-15H,1H3,(H,31,32)(H,28,29,30). The quantitative estimate of drug-likeness (QED) is 0.378. The maximum atomic E-state index is 12.5. The Balaban J connectivity index is 1.45. The van der Waals surface area contributed by atoms with Gasteiger partial charge in [0.15, 0.2) is 0 Å². The number of rotatable bonds is 6. The fourth-order valence-electron chi connectivity index (χ4n) is 3.31. The Hall–Kier alpha value is -4.14. The van der Waals surface area contributed by atoms with Crippen LogP contribution in [0.4, 0.5) is 24.7 Å². The van der Waals surface area contributed by atoms with Gasteiger partial charge in [0.2, 0.25) is 0 Å². The van der Waals surface area contributed by atoms with Crippen molar-refractivity contribution >= 4 is 28.3 Å². The summed E-state index contributed by atoms with van der Waals surface area (Å²) in [5, 5.41) is 7.03. The molecular formula is C24H19F3N4O2. The van der Waals surface area contributed by atoms with Gasteiger partial charge in [0.25, 0.3) is 5.91 Å². The number of para-hydroxylation sites is 1. The molecule has 0 aliphatic rings. The predicted octanol–water partition coefficient (Wildman–Crippen LogP) is 5.95. The van der Waals surface area contributed by atoms with Crippen LogP contribution in [-0.4, -0.2) is 22.2 Å². The summed E-state index contributed by atoms with van der Waals surface area (Å²) >= 11 is 0. The molecule has 0 aliphatic heterocycles. The average Bonchev–Trinajstić information content (AvgIpc) is 2.79. The van der Waals surface area contributed by atoms with Gasteiger partial charge in [0, 0.05) is 16.6 Å². The number of anilines is 2. The number of carbonyl (C=O) groups excluding carboxylic acids is 1. The molecular weight excluding hydrogens is 433 g/mol. The minimum absolute atomic E-state index is 0.126. The maximum Gasteiger partial charge on any atom is 0.573 e. The summed E-state index contributed by atoms with van der Waals surface area (Å²) < 4.78 is 40.7. The molecule has 0 saturated carbocycles. The number of aromatic nitrogens is 2. The van der Waals surface area contributed by atoms with E-state index in [1.807, 2.05) is 49.4 Å². The fourth-order valence-corrected chi connectivity index (χ4v) is 3.31. The number of nitrogens with zero attached hydrogens (tertiary/aromatic N) is 2. The average molecular weight is 452 g/mol. The number of nitrogens with one attached hydrogen (secondary N) is 2. The van der Waals surface area contributed by atoms with E-state index >= 15 is 0 Å². The van der Waals surface area contributed by atoms with Gasteiger partial charge >= 0.3 is 6.36 Å². The first-order valence-electron chi connectivity index (χ1n) is 10.0. The zero-order chi connectivity index (χ0) is 23.4. The molecule has 0 aliphatic carbocycles. The van der Waals surface area contributed by atoms with Crippen molar-refractivity contribution in [2.75, 3.05) is 10.6 Å². The largest absolute Gasteiger partial charge is 0.573 e. The molecule has 0 fully saturated rings. The summed E-state index contributed by atoms with van der Waals surface area (Å²) in [6.45, 7) is 1.97. The molecule has 1 amide bonds. The van der Waals surface area contributed by atoms with E-state index in [-0.39, 0.29) is 11.6 Å². The van der Waals surface area contributed by atoms with Gasteiger partial charge in [0.1, 0.15) is 17.9 Å². The van der Waals surface area contributed by atoms with Crippen LogP contribution in [0.2, 0.25) is 0 Å². The second-order valence-corrected chi connectivity index (χ2v) is 7.26. The van der Waals surface area contributed by atoms with Crippen LogP contribution in [0.15, 0.2) is 79.1 Å². The number of amides is 1. The Kier molecular flexibility index (Phi) is 6.12. The van der Waals surface area contributed by atoms with Gasteiger partial charge in [-0.2, -0.15) is 0 Å². The normalized spacial score (nSPS) is 12.2. The number of hydrogen-bond donors (Lipinski definition) is 2. The molecule has 9 heteroatoms. The van der Waals surface area contributed by atoms with Gasteiger partial charge in [0.05, 0.1) is 11.6 Å². The molecule has 0 saturated heterocycles. The smallest absolute Gasteiger partial charge is 0.406 e. The highest BCUT2D eigenvalue weighted by Gasteiger charge is 2.31. The highest BCUT2D eigenvalue weighted by Crippen LogP contribution is 2.26. The van der Waals surface area contributed by atoms with Crippen molar-refractivity contribution in [1.29, 1.82) is 0 Å². The molecule has 33 heavy (non-hydrogen) atoms. The fraction of sp³-hybridized carbons (Fsp3) is 0.125. The van der Waals surface area contributed by atoms with Crippen LogP contribution in [0.1, 0.15) is 28.9 Å². The number of carbonyl (C=O) groups is 1. The van der Waals surface area contributed by atoms with Crippen molar-refractivity contribution in [2.24, 2.45) is 0 Å². The topological polar surface area (TPSA) is 76.1 Å². The molecule has 3 aromatic carbocycles. The number of ether oxygens (including phenoxy) is 1. The third-order valence-electron chi connectivity index (χ3n) is 4.89. The van der Waals surface area contributed by atoms with E-state index in [1.165, 1.54) is 18.5 Å². The Morgan fingerprint density at radius 3 is 2.48 bits per heavy atom. The minimum atomic E-state index is -4.78. The molecule has 6 nitrogen and oxygen atoms in total. The Labute approximate surface area is 187 Å². The predicted molar refractivity (Wildman–Crippen MR) is 119 cm³/mol. The van der Waals surface area contributed by atoms with Crippen LogP contribution < -0.4 is 15.4 Å². The van der Waals surface area contributed by atoms with E-state index < -0.39 is 18.0 Å². The van der Waals surface area contributed by atoms with Crippen LogP contribution in [-0.2, 0) is 0 Å². The highest BCUT2D eigenvalue weighted by atomic mass is 19.4. The summed E-state index contributed by atoms with van der Waals surface area (Å²) in [4.78, 5) is 21.1. The molecule has 0 spiro atoms. The van der Waals surface area contributed by atoms with Gasteiger partial charge in [-0.05, 0) is 61.0 Å². The lowest BCUT2D eigenvalue weighted by molar-refractivity contribution is -0.274. The van der Waals surface area contributed by atoms with Crippen LogP contribution in [0.3, 0.4) is 0 Å². The lowest BCUT2D eigenvalue weighted by Gasteiger charge is -2.17. The molecule has 1 aromatic heterocycles. The molecule has 4 aromatic rings. The Morgan fingerprint density at radius 2 is 1.73 bits per heavy atom. The number of alkyl halides is 3. The van der Waals surface area contributed by atoms with Crippen LogP contribution in [0.25, 0.3) is 10.9 Å². The van der Waals surface area contributed by atoms with Gasteiger partial charge in [-0.1, -0.05) is 24.3 Å². The summed E-state index contributed by atoms with van der Waals surface area (Å²) in [5.74, 6) is -0.144. The molecule has 0 radical (unpaired) electrons. The van der Waals surface area contributed by atoms with E-state index in [2.05, 4.69) is 25.3 Å². The third-order valence-corrected chi connectivity index (χ3v) is 4.89. The Morgan fingerprint density at radius 1 is 0.970 bits per heavy atom. The molecule has 2 N–H and O–H groups in total. The van der Waals surface area contributed by atoms with Gasteiger partial charge < -0.3 is 15.4 Å². The maximum absolute atomic E-state index is 12.5. The van der Waals surface area contributed by atoms with Crippen LogP contribution >= 0.6 is 0 Å². The molecule has 1 heterocycles. The van der Waals surface area contributed by atoms with Crippen LogP contribution in [0.5, 0.6) is 5.75 Å². The SMILES string of the molecule is CC(Nc1ncnc2ccccc12)c1cccc(NC(=O)c2ccc(OC(F)(F)F)cc2)c1. The minimum Gasteiger partial charge on any atom is -0.406 e. The van der Waals surface area contributed by atoms with E-state index in [9.17, 15) is 18.0 Å². The Bertz CT molecular complexity index is 1270. The van der Waals surface area contributed by atoms with E-state index in [4.69, 9.17) is 0 Å². The monoisotopic (exact) mass is 452 g/mol. The van der Waals surface area contributed by atoms with Crippen molar-refractivity contribution in [3.63, 3.8) is 0 Å². The third kappa shape index (κ3) is 5.57. The first kappa shape index (κ1) is 22.1. The number of fused-ring (bicyclic) bond motifs is 1. The van der Waals surface area contributed by atoms with Crippen molar-refractivity contribution in [3.05, 3.63) is 90.3 Å². The second-order valence-electron chi connectivity index (χ2n) is 7.26. The first-order valence-corrected chi connectivity index (χ1v) is 10.0. The number of hydrogen-bond acceptors (Lipinski definition) is 5. The second kappa shape index (κ2) is 9.15. The van der Waals surface area contributed by atoms with Crippen molar-refractivity contribution in [3.8, 4) is 5.75 Å². The summed E-state index contributed by atoms with van der Waals surface area (Å²) in [7, 11) is 0. The molecule has 1 atom stereocenters. The van der Waals surface area contributed by atoms with Crippen molar-refractivity contribution in [1.82, 2.24) is 9.97 Å². The van der Waals surface area contributed by atoms with Gasteiger partial charge in [-0.25, -0.2) is 9.97 Å². The van der Waals surface area contributed by atoms with Gasteiger partial charge in [-0.15, -0.1) is 13.2 Å². The van der Waals surface area contributed by atoms with E-state index in [1.54, 1.807) is 6.07 Å². The molecule has 0 bridgehead atoms. The zero-order valence-electron chi connectivity index (χ0n) is 17.4. The number of benzene rings is 3. The summed E-state index contributed by atoms with van der Waals surface area (Å²) in [6, 6.07) is 19.5. The highest BCUT2D eigenvalue weighted by molar-refractivity contribution is 6.04. The lowest BCUT2D eigenvalue weighted by Crippen LogP contribution is -2.17. The van der Waals surface area contributed by atoms with Crippen molar-refractivity contribution in [2.45, 2.75) is 19.3 Å². The molecule has 1 unspecified atom stereocenters. The lowest BCUT2D eigenvalue weighted by atomic mass is 10.1. The first-order chi connectivity index (χ1) is 15.8. The van der Waals surface area contributed by atoms with Crippen molar-refractivity contribution < 1.29 is 22.7 Å². The van der Waals surface area contributed by atoms with Crippen LogP contribution in [0, 0.1) is 0 Å². The van der Waals surface area contributed by atoms with Gasteiger partial charge in [-0.3, -0.25) is 4.79 Å². The van der Waals surface area contributed by atoms with E-state index in [0.717, 1.165) is 28.6 Å². The zero-order valence-corrected chi connectivity index (χ0v) is 17.4. The number of halogens is 3. The van der Waals surface area contributed by atoms with E-state index in [0.29, 0.717) is 11.5 Å². The summed E-state index contributed by atoms with van der Waals surface area (Å²) in [6.07, 6.45) is -3.29. The molecule has 4 rings (SSSR count). The summed E-state index contributed by atoms with van der Waals surface area (Å²) in [5.41, 5.74) is 2.49.